The molecule has 0 radical (unpaired) electrons. The molecular weight excluding hydrogens is 444 g/mol. The molecule has 1 aromatic carbocycles. The number of aliphatic imine (C=N–C) groups is 1. The van der Waals surface area contributed by atoms with Gasteiger partial charge >= 0.3 is 0 Å². The molecule has 1 aliphatic rings. The smallest absolute Gasteiger partial charge is 0.293 e. The van der Waals surface area contributed by atoms with Crippen molar-refractivity contribution in [1.82, 2.24) is 10.2 Å². The van der Waals surface area contributed by atoms with E-state index in [1.165, 1.54) is 11.8 Å². The highest BCUT2D eigenvalue weighted by Crippen LogP contribution is 2.33. The van der Waals surface area contributed by atoms with Gasteiger partial charge in [-0.25, -0.2) is 4.99 Å². The molecule has 2 heterocycles. The molecule has 0 bridgehead atoms. The van der Waals surface area contributed by atoms with E-state index in [2.05, 4.69) is 11.2 Å². The van der Waals surface area contributed by atoms with Crippen molar-refractivity contribution in [2.45, 2.75) is 24.9 Å². The summed E-state index contributed by atoms with van der Waals surface area (Å²) in [6.45, 7) is 3.48. The van der Waals surface area contributed by atoms with Crippen LogP contribution in [0.1, 0.15) is 24.2 Å². The van der Waals surface area contributed by atoms with Crippen LogP contribution in [0.15, 0.2) is 55.8 Å². The molecule has 0 saturated carbocycles. The normalized spacial score (nSPS) is 15.5. The van der Waals surface area contributed by atoms with E-state index < -0.39 is 0 Å². The van der Waals surface area contributed by atoms with Crippen LogP contribution in [0, 0.1) is 19.3 Å². The molecule has 1 fully saturated rings. The fraction of sp³-hybridized carbons (Fsp3) is 0.261. The Kier molecular flexibility index (Phi) is 8.62. The largest absolute Gasteiger partial charge is 0.450 e. The lowest BCUT2D eigenvalue weighted by atomic mass is 10.2. The van der Waals surface area contributed by atoms with Crippen molar-refractivity contribution in [2.75, 3.05) is 19.6 Å². The first kappa shape index (κ1) is 23.7. The van der Waals surface area contributed by atoms with Gasteiger partial charge in [-0.05, 0) is 67.2 Å². The first-order valence-corrected chi connectivity index (χ1v) is 11.7. The Morgan fingerprint density at radius 1 is 1.34 bits per heavy atom. The molecule has 2 aromatic rings. The van der Waals surface area contributed by atoms with Crippen molar-refractivity contribution in [2.24, 2.45) is 10.7 Å². The number of amidine groups is 1. The van der Waals surface area contributed by atoms with Crippen LogP contribution in [0.3, 0.4) is 0 Å². The van der Waals surface area contributed by atoms with Gasteiger partial charge in [0.2, 0.25) is 0 Å². The van der Waals surface area contributed by atoms with Crippen molar-refractivity contribution in [3.05, 3.63) is 52.6 Å². The molecule has 0 spiro atoms. The number of nitrogens with two attached hydrogens (primary N) is 1. The van der Waals surface area contributed by atoms with Gasteiger partial charge < -0.3 is 15.5 Å². The molecule has 7 nitrogen and oxygen atoms in total. The standard InChI is InChI=1S/C23H24N4O3S2/c1-3-4-14-27-21(28)19(31-23(27)29)15-17-10-11-20(30-17)32-22(25-13-7-12-24)26-18-9-6-5-8-16(18)2/h1,5-6,8-11,15H,4,7,12-14,24H2,2H3,(H,25,26)/b19-15-. The molecule has 9 heteroatoms. The molecule has 1 aliphatic heterocycles. The molecule has 0 aliphatic carbocycles. The van der Waals surface area contributed by atoms with Crippen LogP contribution in [0.4, 0.5) is 10.5 Å². The molecule has 1 saturated heterocycles. The van der Waals surface area contributed by atoms with Gasteiger partial charge in [-0.15, -0.1) is 12.3 Å². The van der Waals surface area contributed by atoms with Crippen LogP contribution in [0.5, 0.6) is 0 Å². The van der Waals surface area contributed by atoms with Crippen LogP contribution in [-0.2, 0) is 4.79 Å². The van der Waals surface area contributed by atoms with E-state index in [1.54, 1.807) is 18.2 Å². The van der Waals surface area contributed by atoms with E-state index in [9.17, 15) is 9.59 Å². The van der Waals surface area contributed by atoms with E-state index in [0.717, 1.165) is 34.3 Å². The zero-order valence-corrected chi connectivity index (χ0v) is 19.3. The Hall–Kier alpha value is -2.93. The molecule has 1 aromatic heterocycles. The predicted octanol–water partition coefficient (Wildman–Crippen LogP) is 4.37. The first-order chi connectivity index (χ1) is 15.5. The molecule has 0 unspecified atom stereocenters. The number of para-hydroxylation sites is 1. The third-order valence-corrected chi connectivity index (χ3v) is 6.18. The fourth-order valence-electron chi connectivity index (χ4n) is 2.75. The summed E-state index contributed by atoms with van der Waals surface area (Å²) in [5, 5.41) is 4.26. The summed E-state index contributed by atoms with van der Waals surface area (Å²) in [6.07, 6.45) is 7.95. The van der Waals surface area contributed by atoms with E-state index in [1.807, 2.05) is 31.2 Å². The minimum absolute atomic E-state index is 0.213. The van der Waals surface area contributed by atoms with Crippen LogP contribution in [0.25, 0.3) is 6.08 Å². The summed E-state index contributed by atoms with van der Waals surface area (Å²) in [6, 6.07) is 11.4. The fourth-order valence-corrected chi connectivity index (χ4v) is 4.38. The van der Waals surface area contributed by atoms with Crippen molar-refractivity contribution in [3.63, 3.8) is 0 Å². The predicted molar refractivity (Wildman–Crippen MR) is 131 cm³/mol. The number of nitrogens with zero attached hydrogens (tertiary/aromatic N) is 2. The van der Waals surface area contributed by atoms with E-state index in [-0.39, 0.29) is 17.7 Å². The van der Waals surface area contributed by atoms with Gasteiger partial charge in [0.1, 0.15) is 5.76 Å². The summed E-state index contributed by atoms with van der Waals surface area (Å²) >= 11 is 2.23. The number of nitrogens with one attached hydrogen (secondary N) is 1. The Labute approximate surface area is 195 Å². The SMILES string of the molecule is C#CCCN1C(=O)S/C(=C\c2ccc(S/C(=N/c3ccccc3C)NCCCN)o2)C1=O. The molecule has 166 valence electrons. The van der Waals surface area contributed by atoms with Crippen LogP contribution in [0.2, 0.25) is 0 Å². The molecule has 0 atom stereocenters. The zero-order chi connectivity index (χ0) is 22.9. The number of aryl methyl sites for hydroxylation is 1. The number of carbonyl (C=O) groups excluding carboxylic acids is 2. The van der Waals surface area contributed by atoms with Crippen molar-refractivity contribution in [1.29, 1.82) is 0 Å². The zero-order valence-electron chi connectivity index (χ0n) is 17.7. The summed E-state index contributed by atoms with van der Waals surface area (Å²) in [5.74, 6) is 2.56. The number of thioether (sulfide) groups is 2. The molecule has 3 rings (SSSR count). The highest BCUT2D eigenvalue weighted by atomic mass is 32.2. The number of terminal acetylenes is 1. The van der Waals surface area contributed by atoms with Crippen LogP contribution in [-0.4, -0.2) is 40.8 Å². The maximum absolute atomic E-state index is 12.5. The minimum Gasteiger partial charge on any atom is -0.450 e. The Morgan fingerprint density at radius 2 is 2.16 bits per heavy atom. The number of benzene rings is 1. The lowest BCUT2D eigenvalue weighted by molar-refractivity contribution is -0.122. The topological polar surface area (TPSA) is 101 Å². The van der Waals surface area contributed by atoms with E-state index in [0.29, 0.717) is 40.4 Å². The van der Waals surface area contributed by atoms with Gasteiger partial charge in [0.25, 0.3) is 11.1 Å². The Bertz CT molecular complexity index is 1080. The van der Waals surface area contributed by atoms with Gasteiger partial charge in [0.05, 0.1) is 10.6 Å². The Balaban J connectivity index is 1.75. The van der Waals surface area contributed by atoms with Crippen molar-refractivity contribution < 1.29 is 14.0 Å². The molecular formula is C23H24N4O3S2. The second-order valence-corrected chi connectivity index (χ2v) is 8.81. The second-order valence-electron chi connectivity index (χ2n) is 6.82. The maximum atomic E-state index is 12.5. The molecule has 3 N–H and O–H groups in total. The monoisotopic (exact) mass is 468 g/mol. The quantitative estimate of drug-likeness (QED) is 0.148. The van der Waals surface area contributed by atoms with E-state index in [4.69, 9.17) is 21.6 Å². The van der Waals surface area contributed by atoms with Crippen LogP contribution >= 0.6 is 23.5 Å². The minimum atomic E-state index is -0.355. The third-order valence-electron chi connectivity index (χ3n) is 4.42. The van der Waals surface area contributed by atoms with Gasteiger partial charge in [-0.1, -0.05) is 18.2 Å². The number of rotatable bonds is 8. The lowest BCUT2D eigenvalue weighted by Gasteiger charge is -2.09. The molecule has 32 heavy (non-hydrogen) atoms. The average Bonchev–Trinajstić information content (AvgIpc) is 3.32. The second kappa shape index (κ2) is 11.6. The number of amides is 2. The Morgan fingerprint density at radius 3 is 2.91 bits per heavy atom. The average molecular weight is 469 g/mol. The number of carbonyl (C=O) groups is 2. The molecule has 2 amide bonds. The van der Waals surface area contributed by atoms with Crippen LogP contribution < -0.4 is 11.1 Å². The maximum Gasteiger partial charge on any atom is 0.293 e. The van der Waals surface area contributed by atoms with Gasteiger partial charge in [0.15, 0.2) is 10.3 Å². The van der Waals surface area contributed by atoms with Gasteiger partial charge in [-0.2, -0.15) is 0 Å². The van der Waals surface area contributed by atoms with E-state index >= 15 is 0 Å². The number of furan rings is 1. The lowest BCUT2D eigenvalue weighted by Crippen LogP contribution is -2.28. The van der Waals surface area contributed by atoms with Gasteiger partial charge in [0, 0.05) is 25.6 Å². The summed E-state index contributed by atoms with van der Waals surface area (Å²) in [5.41, 5.74) is 7.53. The van der Waals surface area contributed by atoms with Gasteiger partial charge in [-0.3, -0.25) is 14.5 Å². The van der Waals surface area contributed by atoms with Crippen molar-refractivity contribution >= 4 is 51.6 Å². The number of hydrogen-bond acceptors (Lipinski definition) is 7. The highest BCUT2D eigenvalue weighted by molar-refractivity contribution is 8.18. The highest BCUT2D eigenvalue weighted by Gasteiger charge is 2.34. The number of hydrogen-bond donors (Lipinski definition) is 2. The third kappa shape index (κ3) is 6.29. The summed E-state index contributed by atoms with van der Waals surface area (Å²) < 4.78 is 5.86. The summed E-state index contributed by atoms with van der Waals surface area (Å²) in [4.78, 5) is 30.7. The first-order valence-electron chi connectivity index (χ1n) is 10.1. The van der Waals surface area contributed by atoms with Crippen molar-refractivity contribution in [3.8, 4) is 12.3 Å². The summed E-state index contributed by atoms with van der Waals surface area (Å²) in [7, 11) is 0. The number of imide groups is 1.